The van der Waals surface area contributed by atoms with Gasteiger partial charge in [-0.3, -0.25) is 0 Å². The largest absolute Gasteiger partial charge is 0.393 e. The lowest BCUT2D eigenvalue weighted by molar-refractivity contribution is -0.00621. The van der Waals surface area contributed by atoms with Crippen molar-refractivity contribution in [2.45, 2.75) is 70.7 Å². The van der Waals surface area contributed by atoms with Gasteiger partial charge in [-0.25, -0.2) is 0 Å². The van der Waals surface area contributed by atoms with Crippen molar-refractivity contribution in [2.24, 2.45) is 5.92 Å². The summed E-state index contributed by atoms with van der Waals surface area (Å²) in [6.45, 7) is 4.30. The summed E-state index contributed by atoms with van der Waals surface area (Å²) >= 11 is 0. The Kier molecular flexibility index (Phi) is 6.32. The molecule has 0 amide bonds. The molecule has 1 aliphatic rings. The summed E-state index contributed by atoms with van der Waals surface area (Å²) in [5.41, 5.74) is 0. The predicted octanol–water partition coefficient (Wildman–Crippen LogP) is 2.10. The third-order valence-electron chi connectivity index (χ3n) is 3.36. The lowest BCUT2D eigenvalue weighted by Gasteiger charge is -2.19. The summed E-state index contributed by atoms with van der Waals surface area (Å²) in [6.07, 6.45) is 5.66. The van der Waals surface area contributed by atoms with E-state index in [-0.39, 0.29) is 12.2 Å². The first-order valence-corrected chi connectivity index (χ1v) is 6.57. The highest BCUT2D eigenvalue weighted by Gasteiger charge is 2.23. The van der Waals surface area contributed by atoms with Crippen LogP contribution in [-0.2, 0) is 4.74 Å². The first-order chi connectivity index (χ1) is 7.59. The monoisotopic (exact) mass is 230 g/mol. The Morgan fingerprint density at radius 2 is 1.75 bits per heavy atom. The summed E-state index contributed by atoms with van der Waals surface area (Å²) in [5.74, 6) is 0.471. The minimum absolute atomic E-state index is 0.161. The van der Waals surface area contributed by atoms with Crippen LogP contribution < -0.4 is 0 Å². The maximum atomic E-state index is 9.92. The van der Waals surface area contributed by atoms with Gasteiger partial charge in [-0.05, 0) is 45.4 Å². The van der Waals surface area contributed by atoms with E-state index >= 15 is 0 Å². The molecule has 2 unspecified atom stereocenters. The van der Waals surface area contributed by atoms with E-state index in [1.54, 1.807) is 0 Å². The van der Waals surface area contributed by atoms with Crippen LogP contribution in [-0.4, -0.2) is 35.1 Å². The van der Waals surface area contributed by atoms with Gasteiger partial charge < -0.3 is 14.9 Å². The van der Waals surface area contributed by atoms with Crippen molar-refractivity contribution in [3.63, 3.8) is 0 Å². The van der Waals surface area contributed by atoms with E-state index in [0.717, 1.165) is 12.8 Å². The SMILES string of the molecule is CC(C)OCC(O)CCC(O)C1CCCC1. The molecule has 96 valence electrons. The molecule has 0 bridgehead atoms. The number of ether oxygens (including phenoxy) is 1. The Morgan fingerprint density at radius 1 is 1.12 bits per heavy atom. The molecule has 0 heterocycles. The van der Waals surface area contributed by atoms with Crippen LogP contribution in [0, 0.1) is 5.92 Å². The van der Waals surface area contributed by atoms with E-state index in [1.807, 2.05) is 13.8 Å². The number of rotatable bonds is 7. The number of hydrogen-bond donors (Lipinski definition) is 2. The van der Waals surface area contributed by atoms with Crippen molar-refractivity contribution in [1.29, 1.82) is 0 Å². The fourth-order valence-electron chi connectivity index (χ4n) is 2.33. The van der Waals surface area contributed by atoms with Crippen LogP contribution in [0.15, 0.2) is 0 Å². The topological polar surface area (TPSA) is 49.7 Å². The highest BCUT2D eigenvalue weighted by Crippen LogP contribution is 2.29. The number of aliphatic hydroxyl groups is 2. The van der Waals surface area contributed by atoms with Gasteiger partial charge in [0.2, 0.25) is 0 Å². The molecular formula is C13H26O3. The average molecular weight is 230 g/mol. The lowest BCUT2D eigenvalue weighted by Crippen LogP contribution is -2.23. The molecular weight excluding hydrogens is 204 g/mol. The summed E-state index contributed by atoms with van der Waals surface area (Å²) in [4.78, 5) is 0. The van der Waals surface area contributed by atoms with Crippen molar-refractivity contribution in [2.75, 3.05) is 6.61 Å². The zero-order chi connectivity index (χ0) is 12.0. The van der Waals surface area contributed by atoms with Gasteiger partial charge in [0.1, 0.15) is 0 Å². The second-order valence-corrected chi connectivity index (χ2v) is 5.23. The van der Waals surface area contributed by atoms with Crippen LogP contribution >= 0.6 is 0 Å². The quantitative estimate of drug-likeness (QED) is 0.704. The maximum Gasteiger partial charge on any atom is 0.0774 e. The molecule has 0 spiro atoms. The van der Waals surface area contributed by atoms with Crippen molar-refractivity contribution in [3.8, 4) is 0 Å². The van der Waals surface area contributed by atoms with Crippen molar-refractivity contribution in [3.05, 3.63) is 0 Å². The molecule has 2 atom stereocenters. The van der Waals surface area contributed by atoms with Gasteiger partial charge in [0.25, 0.3) is 0 Å². The molecule has 1 saturated carbocycles. The first-order valence-electron chi connectivity index (χ1n) is 6.57. The molecule has 3 heteroatoms. The Labute approximate surface area is 98.8 Å². The Hall–Kier alpha value is -0.120. The molecule has 1 aliphatic carbocycles. The lowest BCUT2D eigenvalue weighted by atomic mass is 9.96. The first kappa shape index (κ1) is 13.9. The van der Waals surface area contributed by atoms with Gasteiger partial charge in [0.15, 0.2) is 0 Å². The fourth-order valence-corrected chi connectivity index (χ4v) is 2.33. The smallest absolute Gasteiger partial charge is 0.0774 e. The third-order valence-corrected chi connectivity index (χ3v) is 3.36. The summed E-state index contributed by atoms with van der Waals surface area (Å²) in [5, 5.41) is 19.6. The Balaban J connectivity index is 2.08. The van der Waals surface area contributed by atoms with Gasteiger partial charge in [0, 0.05) is 0 Å². The van der Waals surface area contributed by atoms with Crippen molar-refractivity contribution in [1.82, 2.24) is 0 Å². The van der Waals surface area contributed by atoms with E-state index in [1.165, 1.54) is 12.8 Å². The number of aliphatic hydroxyl groups excluding tert-OH is 2. The summed E-state index contributed by atoms with van der Waals surface area (Å²) < 4.78 is 5.33. The van der Waals surface area contributed by atoms with Crippen LogP contribution in [0.3, 0.4) is 0 Å². The number of hydrogen-bond acceptors (Lipinski definition) is 3. The predicted molar refractivity (Wildman–Crippen MR) is 64.3 cm³/mol. The van der Waals surface area contributed by atoms with E-state index in [2.05, 4.69) is 0 Å². The van der Waals surface area contributed by atoms with E-state index in [4.69, 9.17) is 4.74 Å². The highest BCUT2D eigenvalue weighted by molar-refractivity contribution is 4.75. The zero-order valence-electron chi connectivity index (χ0n) is 10.6. The highest BCUT2D eigenvalue weighted by atomic mass is 16.5. The Bertz CT molecular complexity index is 176. The molecule has 16 heavy (non-hydrogen) atoms. The van der Waals surface area contributed by atoms with Crippen LogP contribution in [0.4, 0.5) is 0 Å². The van der Waals surface area contributed by atoms with Gasteiger partial charge >= 0.3 is 0 Å². The van der Waals surface area contributed by atoms with E-state index in [9.17, 15) is 10.2 Å². The minimum atomic E-state index is -0.432. The zero-order valence-corrected chi connectivity index (χ0v) is 10.6. The average Bonchev–Trinajstić information content (AvgIpc) is 2.76. The van der Waals surface area contributed by atoms with Crippen LogP contribution in [0.5, 0.6) is 0 Å². The molecule has 2 N–H and O–H groups in total. The Morgan fingerprint density at radius 3 is 2.31 bits per heavy atom. The van der Waals surface area contributed by atoms with Gasteiger partial charge in [-0.1, -0.05) is 12.8 Å². The van der Waals surface area contributed by atoms with Crippen molar-refractivity contribution >= 4 is 0 Å². The third kappa shape index (κ3) is 5.28. The summed E-state index contributed by atoms with van der Waals surface area (Å²) in [7, 11) is 0. The van der Waals surface area contributed by atoms with E-state index < -0.39 is 6.10 Å². The molecule has 0 aromatic rings. The molecule has 0 radical (unpaired) electrons. The molecule has 0 aromatic carbocycles. The van der Waals surface area contributed by atoms with Crippen molar-refractivity contribution < 1.29 is 14.9 Å². The molecule has 1 rings (SSSR count). The van der Waals surface area contributed by atoms with Gasteiger partial charge in [0.05, 0.1) is 24.9 Å². The molecule has 0 saturated heterocycles. The molecule has 1 fully saturated rings. The standard InChI is InChI=1S/C13H26O3/c1-10(2)16-9-12(14)7-8-13(15)11-5-3-4-6-11/h10-15H,3-9H2,1-2H3. The molecule has 3 nitrogen and oxygen atoms in total. The van der Waals surface area contributed by atoms with Crippen LogP contribution in [0.25, 0.3) is 0 Å². The second kappa shape index (κ2) is 7.25. The molecule has 0 aliphatic heterocycles. The van der Waals surface area contributed by atoms with Crippen LogP contribution in [0.2, 0.25) is 0 Å². The van der Waals surface area contributed by atoms with E-state index in [0.29, 0.717) is 25.4 Å². The van der Waals surface area contributed by atoms with Gasteiger partial charge in [-0.15, -0.1) is 0 Å². The van der Waals surface area contributed by atoms with Crippen LogP contribution in [0.1, 0.15) is 52.4 Å². The second-order valence-electron chi connectivity index (χ2n) is 5.23. The normalized spacial score (nSPS) is 21.6. The molecule has 0 aromatic heterocycles. The van der Waals surface area contributed by atoms with Gasteiger partial charge in [-0.2, -0.15) is 0 Å². The summed E-state index contributed by atoms with van der Waals surface area (Å²) in [6, 6.07) is 0. The minimum Gasteiger partial charge on any atom is -0.393 e. The fraction of sp³-hybridized carbons (Fsp3) is 1.00. The maximum absolute atomic E-state index is 9.92.